The first-order valence-electron chi connectivity index (χ1n) is 9.44. The number of hydrogen-bond acceptors (Lipinski definition) is 4. The van der Waals surface area contributed by atoms with Crippen molar-refractivity contribution >= 4 is 23.5 Å². The minimum absolute atomic E-state index is 0.0366. The van der Waals surface area contributed by atoms with Gasteiger partial charge in [-0.1, -0.05) is 18.2 Å². The summed E-state index contributed by atoms with van der Waals surface area (Å²) in [6.07, 6.45) is 1.77. The van der Waals surface area contributed by atoms with Gasteiger partial charge in [-0.25, -0.2) is 9.59 Å². The van der Waals surface area contributed by atoms with Crippen molar-refractivity contribution in [2.45, 2.75) is 39.7 Å². The molecule has 7 heteroatoms. The molecule has 1 saturated carbocycles. The van der Waals surface area contributed by atoms with Crippen LogP contribution in [0.4, 0.5) is 10.5 Å². The van der Waals surface area contributed by atoms with Crippen LogP contribution in [0.15, 0.2) is 30.3 Å². The van der Waals surface area contributed by atoms with Gasteiger partial charge in [-0.3, -0.25) is 4.79 Å². The van der Waals surface area contributed by atoms with E-state index in [-0.39, 0.29) is 36.7 Å². The molecule has 0 radical (unpaired) electrons. The molecule has 3 rings (SSSR count). The van der Waals surface area contributed by atoms with Gasteiger partial charge in [0.15, 0.2) is 5.78 Å². The van der Waals surface area contributed by atoms with Crippen LogP contribution >= 0.6 is 0 Å². The van der Waals surface area contributed by atoms with E-state index in [9.17, 15) is 14.4 Å². The van der Waals surface area contributed by atoms with Gasteiger partial charge in [-0.15, -0.1) is 0 Å². The van der Waals surface area contributed by atoms with Gasteiger partial charge >= 0.3 is 12.0 Å². The van der Waals surface area contributed by atoms with Crippen LogP contribution in [-0.2, 0) is 4.74 Å². The van der Waals surface area contributed by atoms with Gasteiger partial charge in [0.05, 0.1) is 13.2 Å². The second-order valence-corrected chi connectivity index (χ2v) is 6.92. The highest BCUT2D eigenvalue weighted by molar-refractivity contribution is 6.05. The zero-order valence-electron chi connectivity index (χ0n) is 16.4. The van der Waals surface area contributed by atoms with E-state index in [1.807, 2.05) is 18.2 Å². The first-order valence-corrected chi connectivity index (χ1v) is 9.44. The molecule has 1 aliphatic rings. The third kappa shape index (κ3) is 4.24. The van der Waals surface area contributed by atoms with Gasteiger partial charge in [-0.05, 0) is 51.3 Å². The summed E-state index contributed by atoms with van der Waals surface area (Å²) >= 11 is 0. The van der Waals surface area contributed by atoms with Crippen LogP contribution in [0.25, 0.3) is 0 Å². The minimum atomic E-state index is -0.483. The van der Waals surface area contributed by atoms with Gasteiger partial charge in [0.2, 0.25) is 0 Å². The van der Waals surface area contributed by atoms with E-state index in [0.717, 1.165) is 12.8 Å². The molecular weight excluding hydrogens is 358 g/mol. The van der Waals surface area contributed by atoms with Crippen molar-refractivity contribution < 1.29 is 19.1 Å². The molecule has 28 heavy (non-hydrogen) atoms. The van der Waals surface area contributed by atoms with Crippen LogP contribution in [0.2, 0.25) is 0 Å². The number of Topliss-reactive ketones (excluding diaryl/α,β-unsaturated/α-hetero) is 1. The number of amides is 2. The summed E-state index contributed by atoms with van der Waals surface area (Å²) in [5.41, 5.74) is 2.57. The second-order valence-electron chi connectivity index (χ2n) is 6.92. The number of anilines is 1. The molecule has 0 bridgehead atoms. The first-order chi connectivity index (χ1) is 13.4. The topological polar surface area (TPSA) is 91.5 Å². The highest BCUT2D eigenvalue weighted by atomic mass is 16.5. The van der Waals surface area contributed by atoms with Crippen molar-refractivity contribution in [2.75, 3.05) is 18.5 Å². The van der Waals surface area contributed by atoms with E-state index in [1.165, 1.54) is 0 Å². The number of rotatable bonds is 7. The van der Waals surface area contributed by atoms with E-state index in [0.29, 0.717) is 22.5 Å². The number of benzene rings is 1. The maximum atomic E-state index is 13.0. The molecule has 1 heterocycles. The van der Waals surface area contributed by atoms with Crippen LogP contribution in [0.5, 0.6) is 0 Å². The monoisotopic (exact) mass is 383 g/mol. The summed E-state index contributed by atoms with van der Waals surface area (Å²) in [6.45, 7) is 5.41. The smallest absolute Gasteiger partial charge is 0.355 e. The normalized spacial score (nSPS) is 13.1. The van der Waals surface area contributed by atoms with Gasteiger partial charge in [0.25, 0.3) is 0 Å². The number of nitrogens with one attached hydrogen (secondary N) is 2. The number of urea groups is 1. The highest BCUT2D eigenvalue weighted by Gasteiger charge is 2.35. The lowest BCUT2D eigenvalue weighted by Crippen LogP contribution is -2.40. The molecule has 2 amide bonds. The van der Waals surface area contributed by atoms with E-state index in [1.54, 1.807) is 37.8 Å². The summed E-state index contributed by atoms with van der Waals surface area (Å²) in [7, 11) is 0. The van der Waals surface area contributed by atoms with Crippen LogP contribution in [0.3, 0.4) is 0 Å². The SMILES string of the molecule is CCOC(=O)c1[nH]c(C)c(C(=O)CN(C(=O)Nc2ccccc2)C2CC2)c1C. The lowest BCUT2D eigenvalue weighted by atomic mass is 10.1. The van der Waals surface area contributed by atoms with Crippen molar-refractivity contribution in [1.29, 1.82) is 0 Å². The molecule has 0 spiro atoms. The minimum Gasteiger partial charge on any atom is -0.461 e. The van der Waals surface area contributed by atoms with Crippen LogP contribution in [-0.4, -0.2) is 46.9 Å². The Morgan fingerprint density at radius 2 is 1.86 bits per heavy atom. The lowest BCUT2D eigenvalue weighted by molar-refractivity contribution is 0.0519. The largest absolute Gasteiger partial charge is 0.461 e. The molecule has 0 unspecified atom stereocenters. The van der Waals surface area contributed by atoms with Crippen molar-refractivity contribution in [3.05, 3.63) is 52.8 Å². The Morgan fingerprint density at radius 3 is 2.46 bits per heavy atom. The number of nitrogens with zero attached hydrogens (tertiary/aromatic N) is 1. The summed E-state index contributed by atoms with van der Waals surface area (Å²) in [5.74, 6) is -0.681. The number of para-hydroxylation sites is 1. The fourth-order valence-electron chi connectivity index (χ4n) is 3.28. The number of aryl methyl sites for hydroxylation is 1. The lowest BCUT2D eigenvalue weighted by Gasteiger charge is -2.22. The Bertz CT molecular complexity index is 885. The number of H-pyrrole nitrogens is 1. The number of carbonyl (C=O) groups excluding carboxylic acids is 3. The maximum absolute atomic E-state index is 13.0. The highest BCUT2D eigenvalue weighted by Crippen LogP contribution is 2.28. The number of ether oxygens (including phenoxy) is 1. The van der Waals surface area contributed by atoms with Crippen molar-refractivity contribution in [3.8, 4) is 0 Å². The summed E-state index contributed by atoms with van der Waals surface area (Å²) in [4.78, 5) is 42.3. The van der Waals surface area contributed by atoms with E-state index in [4.69, 9.17) is 4.74 Å². The zero-order chi connectivity index (χ0) is 20.3. The van der Waals surface area contributed by atoms with Gasteiger partial charge in [0, 0.05) is 23.0 Å². The van der Waals surface area contributed by atoms with Crippen LogP contribution < -0.4 is 5.32 Å². The van der Waals surface area contributed by atoms with Gasteiger partial charge < -0.3 is 19.9 Å². The average Bonchev–Trinajstić information content (AvgIpc) is 3.45. The second kappa shape index (κ2) is 8.29. The Labute approximate surface area is 164 Å². The molecule has 0 saturated heterocycles. The van der Waals surface area contributed by atoms with E-state index < -0.39 is 5.97 Å². The van der Waals surface area contributed by atoms with Gasteiger partial charge in [-0.2, -0.15) is 0 Å². The third-order valence-electron chi connectivity index (χ3n) is 4.78. The molecule has 0 aliphatic heterocycles. The van der Waals surface area contributed by atoms with Crippen molar-refractivity contribution in [2.24, 2.45) is 0 Å². The molecular formula is C21H25N3O4. The number of carbonyl (C=O) groups is 3. The van der Waals surface area contributed by atoms with E-state index in [2.05, 4.69) is 10.3 Å². The standard InChI is InChI=1S/C21H25N3O4/c1-4-28-20(26)19-13(2)18(14(3)22-19)17(25)12-24(16-10-11-16)21(27)23-15-8-6-5-7-9-15/h5-9,16,22H,4,10-12H2,1-3H3,(H,23,27). The molecule has 2 N–H and O–H groups in total. The molecule has 1 aromatic heterocycles. The maximum Gasteiger partial charge on any atom is 0.355 e. The summed E-state index contributed by atoms with van der Waals surface area (Å²) in [5, 5.41) is 2.84. The van der Waals surface area contributed by atoms with Crippen LogP contribution in [0, 0.1) is 13.8 Å². The summed E-state index contributed by atoms with van der Waals surface area (Å²) < 4.78 is 5.03. The Kier molecular flexibility index (Phi) is 5.82. The third-order valence-corrected chi connectivity index (χ3v) is 4.78. The summed E-state index contributed by atoms with van der Waals surface area (Å²) in [6, 6.07) is 8.93. The Hall–Kier alpha value is -3.09. The Balaban J connectivity index is 1.76. The van der Waals surface area contributed by atoms with Gasteiger partial charge in [0.1, 0.15) is 5.69 Å². The zero-order valence-corrected chi connectivity index (χ0v) is 16.4. The number of esters is 1. The molecule has 7 nitrogen and oxygen atoms in total. The number of hydrogen-bond donors (Lipinski definition) is 2. The first kappa shape index (κ1) is 19.7. The van der Waals surface area contributed by atoms with Crippen molar-refractivity contribution in [3.63, 3.8) is 0 Å². The molecule has 2 aromatic rings. The molecule has 1 aromatic carbocycles. The average molecular weight is 383 g/mol. The van der Waals surface area contributed by atoms with Crippen LogP contribution in [0.1, 0.15) is 51.9 Å². The number of aromatic amines is 1. The Morgan fingerprint density at radius 1 is 1.18 bits per heavy atom. The predicted molar refractivity (Wildman–Crippen MR) is 106 cm³/mol. The molecule has 1 fully saturated rings. The quantitative estimate of drug-likeness (QED) is 0.563. The number of ketones is 1. The molecule has 1 aliphatic carbocycles. The fourth-order valence-corrected chi connectivity index (χ4v) is 3.28. The predicted octanol–water partition coefficient (Wildman–Crippen LogP) is 3.69. The molecule has 0 atom stereocenters. The molecule has 148 valence electrons. The fraction of sp³-hybridized carbons (Fsp3) is 0.381. The van der Waals surface area contributed by atoms with E-state index >= 15 is 0 Å². The van der Waals surface area contributed by atoms with Crippen molar-refractivity contribution in [1.82, 2.24) is 9.88 Å². The number of aromatic nitrogens is 1.